The fourth-order valence-electron chi connectivity index (χ4n) is 3.54. The van der Waals surface area contributed by atoms with Crippen LogP contribution >= 0.6 is 22.7 Å². The highest BCUT2D eigenvalue weighted by atomic mass is 32.2. The van der Waals surface area contributed by atoms with Crippen LogP contribution in [0.5, 0.6) is 0 Å². The van der Waals surface area contributed by atoms with E-state index in [-0.39, 0.29) is 5.91 Å². The van der Waals surface area contributed by atoms with Gasteiger partial charge in [0, 0.05) is 30.4 Å². The molecule has 3 aromatic rings. The molecule has 4 rings (SSSR count). The van der Waals surface area contributed by atoms with Crippen molar-refractivity contribution in [3.8, 4) is 0 Å². The Hall–Kier alpha value is -1.81. The molecule has 0 bridgehead atoms. The molecule has 1 saturated heterocycles. The molecular formula is C20H23N3O3S3. The van der Waals surface area contributed by atoms with E-state index >= 15 is 0 Å². The van der Waals surface area contributed by atoms with E-state index in [0.717, 1.165) is 47.5 Å². The summed E-state index contributed by atoms with van der Waals surface area (Å²) in [5.41, 5.74) is 1.06. The van der Waals surface area contributed by atoms with E-state index < -0.39 is 10.0 Å². The zero-order chi connectivity index (χ0) is 20.4. The Morgan fingerprint density at radius 1 is 1.17 bits per heavy atom. The number of hydrogen-bond acceptors (Lipinski definition) is 6. The van der Waals surface area contributed by atoms with Crippen LogP contribution in [0.3, 0.4) is 0 Å². The summed E-state index contributed by atoms with van der Waals surface area (Å²) >= 11 is 3.21. The van der Waals surface area contributed by atoms with Gasteiger partial charge in [0.05, 0.1) is 26.4 Å². The molecule has 3 heterocycles. The Morgan fingerprint density at radius 3 is 2.66 bits per heavy atom. The third-order valence-electron chi connectivity index (χ3n) is 5.05. The van der Waals surface area contributed by atoms with Gasteiger partial charge in [-0.15, -0.1) is 22.7 Å². The standard InChI is InChI=1S/C20H23N3O3S3/c1-29(25,26)21-11-8-15-6-7-18(27-15)20(24)23-12-9-14(10-13-23)19-22-16-4-2-3-5-17(16)28-19/h2-7,14,21H,8-13H2,1H3. The molecule has 1 amide bonds. The number of rotatable bonds is 6. The van der Waals surface area contributed by atoms with E-state index in [4.69, 9.17) is 4.98 Å². The van der Waals surface area contributed by atoms with Crippen LogP contribution < -0.4 is 4.72 Å². The van der Waals surface area contributed by atoms with E-state index in [9.17, 15) is 13.2 Å². The Kier molecular flexibility index (Phi) is 6.00. The number of hydrogen-bond donors (Lipinski definition) is 1. The first-order valence-electron chi connectivity index (χ1n) is 9.57. The molecule has 6 nitrogen and oxygen atoms in total. The molecule has 1 N–H and O–H groups in total. The summed E-state index contributed by atoms with van der Waals surface area (Å²) in [5.74, 6) is 0.484. The number of benzene rings is 1. The zero-order valence-corrected chi connectivity index (χ0v) is 18.6. The van der Waals surface area contributed by atoms with E-state index in [0.29, 0.717) is 18.9 Å². The third-order valence-corrected chi connectivity index (χ3v) is 8.11. The second kappa shape index (κ2) is 8.51. The fourth-order valence-corrected chi connectivity index (χ4v) is 6.12. The van der Waals surface area contributed by atoms with Gasteiger partial charge in [0.2, 0.25) is 10.0 Å². The Bertz CT molecular complexity index is 1080. The third kappa shape index (κ3) is 5.03. The topological polar surface area (TPSA) is 79.4 Å². The minimum atomic E-state index is -3.18. The number of nitrogens with zero attached hydrogens (tertiary/aromatic N) is 2. The molecule has 9 heteroatoms. The zero-order valence-electron chi connectivity index (χ0n) is 16.1. The van der Waals surface area contributed by atoms with Crippen LogP contribution in [0.25, 0.3) is 10.2 Å². The lowest BCUT2D eigenvalue weighted by atomic mass is 9.97. The molecule has 154 valence electrons. The second-order valence-electron chi connectivity index (χ2n) is 7.27. The van der Waals surface area contributed by atoms with Crippen LogP contribution in [0.4, 0.5) is 0 Å². The largest absolute Gasteiger partial charge is 0.338 e. The number of thiophene rings is 1. The van der Waals surface area contributed by atoms with Gasteiger partial charge in [-0.2, -0.15) is 0 Å². The van der Waals surface area contributed by atoms with Crippen LogP contribution in [0.2, 0.25) is 0 Å². The van der Waals surface area contributed by atoms with Crippen LogP contribution in [0.15, 0.2) is 36.4 Å². The fraction of sp³-hybridized carbons (Fsp3) is 0.400. The molecule has 0 unspecified atom stereocenters. The predicted molar refractivity (Wildman–Crippen MR) is 118 cm³/mol. The highest BCUT2D eigenvalue weighted by molar-refractivity contribution is 7.88. The van der Waals surface area contributed by atoms with E-state index in [1.165, 1.54) is 21.0 Å². The summed E-state index contributed by atoms with van der Waals surface area (Å²) in [6.45, 7) is 1.82. The average molecular weight is 450 g/mol. The lowest BCUT2D eigenvalue weighted by Crippen LogP contribution is -2.37. The molecule has 1 aliphatic heterocycles. The first kappa shape index (κ1) is 20.5. The summed E-state index contributed by atoms with van der Waals surface area (Å²) in [5, 5.41) is 1.18. The quantitative estimate of drug-likeness (QED) is 0.625. The Labute approximate surface area is 178 Å². The molecule has 29 heavy (non-hydrogen) atoms. The molecule has 0 aliphatic carbocycles. The Balaban J connectivity index is 1.33. The minimum Gasteiger partial charge on any atom is -0.338 e. The number of carbonyl (C=O) groups is 1. The lowest BCUT2D eigenvalue weighted by molar-refractivity contribution is 0.0718. The van der Waals surface area contributed by atoms with Crippen molar-refractivity contribution in [3.63, 3.8) is 0 Å². The van der Waals surface area contributed by atoms with Gasteiger partial charge >= 0.3 is 0 Å². The number of fused-ring (bicyclic) bond motifs is 1. The van der Waals surface area contributed by atoms with Crippen LogP contribution in [0, 0.1) is 0 Å². The number of sulfonamides is 1. The van der Waals surface area contributed by atoms with Gasteiger partial charge in [-0.05, 0) is 43.5 Å². The highest BCUT2D eigenvalue weighted by Crippen LogP contribution is 2.34. The van der Waals surface area contributed by atoms with Crippen molar-refractivity contribution in [2.75, 3.05) is 25.9 Å². The van der Waals surface area contributed by atoms with Gasteiger partial charge in [-0.1, -0.05) is 12.1 Å². The molecule has 0 saturated carbocycles. The number of thiazole rings is 1. The van der Waals surface area contributed by atoms with Gasteiger partial charge in [0.15, 0.2) is 0 Å². The van der Waals surface area contributed by atoms with Crippen molar-refractivity contribution in [1.82, 2.24) is 14.6 Å². The number of amides is 1. The van der Waals surface area contributed by atoms with Crippen molar-refractivity contribution in [2.24, 2.45) is 0 Å². The van der Waals surface area contributed by atoms with Crippen LogP contribution in [-0.4, -0.2) is 50.1 Å². The van der Waals surface area contributed by atoms with Gasteiger partial charge < -0.3 is 4.90 Å². The second-order valence-corrected chi connectivity index (χ2v) is 11.3. The maximum atomic E-state index is 12.8. The lowest BCUT2D eigenvalue weighted by Gasteiger charge is -2.30. The van der Waals surface area contributed by atoms with Gasteiger partial charge in [0.25, 0.3) is 5.91 Å². The summed E-state index contributed by atoms with van der Waals surface area (Å²) in [7, 11) is -3.18. The smallest absolute Gasteiger partial charge is 0.263 e. The summed E-state index contributed by atoms with van der Waals surface area (Å²) < 4.78 is 26.0. The molecule has 1 fully saturated rings. The number of aromatic nitrogens is 1. The van der Waals surface area contributed by atoms with Crippen molar-refractivity contribution >= 4 is 48.8 Å². The first-order chi connectivity index (χ1) is 13.9. The summed E-state index contributed by atoms with van der Waals surface area (Å²) in [4.78, 5) is 21.3. The number of piperidine rings is 1. The molecule has 1 aromatic carbocycles. The normalized spacial score (nSPS) is 15.8. The first-order valence-corrected chi connectivity index (χ1v) is 13.1. The maximum absolute atomic E-state index is 12.8. The van der Waals surface area contributed by atoms with E-state index in [2.05, 4.69) is 10.8 Å². The Morgan fingerprint density at radius 2 is 1.93 bits per heavy atom. The molecule has 2 aromatic heterocycles. The van der Waals surface area contributed by atoms with Crippen molar-refractivity contribution in [2.45, 2.75) is 25.2 Å². The minimum absolute atomic E-state index is 0.0695. The molecular weight excluding hydrogens is 426 g/mol. The monoisotopic (exact) mass is 449 g/mol. The van der Waals surface area contributed by atoms with E-state index in [1.54, 1.807) is 11.3 Å². The predicted octanol–water partition coefficient (Wildman–Crippen LogP) is 3.47. The number of nitrogens with one attached hydrogen (secondary N) is 1. The molecule has 0 atom stereocenters. The van der Waals surface area contributed by atoms with Crippen LogP contribution in [0.1, 0.15) is 38.3 Å². The SMILES string of the molecule is CS(=O)(=O)NCCc1ccc(C(=O)N2CCC(c3nc4ccccc4s3)CC2)s1. The maximum Gasteiger partial charge on any atom is 0.263 e. The average Bonchev–Trinajstić information content (AvgIpc) is 3.33. The summed E-state index contributed by atoms with van der Waals surface area (Å²) in [6, 6.07) is 12.0. The number of para-hydroxylation sites is 1. The highest BCUT2D eigenvalue weighted by Gasteiger charge is 2.27. The summed E-state index contributed by atoms with van der Waals surface area (Å²) in [6.07, 6.45) is 3.60. The van der Waals surface area contributed by atoms with Crippen molar-refractivity contribution in [1.29, 1.82) is 0 Å². The van der Waals surface area contributed by atoms with Crippen molar-refractivity contribution < 1.29 is 13.2 Å². The molecule has 0 radical (unpaired) electrons. The number of carbonyl (C=O) groups excluding carboxylic acids is 1. The van der Waals surface area contributed by atoms with Gasteiger partial charge in [-0.25, -0.2) is 18.1 Å². The van der Waals surface area contributed by atoms with Gasteiger partial charge in [-0.3, -0.25) is 4.79 Å². The van der Waals surface area contributed by atoms with E-state index in [1.807, 2.05) is 35.2 Å². The van der Waals surface area contributed by atoms with Gasteiger partial charge in [0.1, 0.15) is 0 Å². The number of likely N-dealkylation sites (tertiary alicyclic amines) is 1. The molecule has 1 aliphatic rings. The van der Waals surface area contributed by atoms with Crippen molar-refractivity contribution in [3.05, 3.63) is 51.2 Å². The van der Waals surface area contributed by atoms with Crippen LogP contribution in [-0.2, 0) is 16.4 Å². The molecule has 0 spiro atoms.